The summed E-state index contributed by atoms with van der Waals surface area (Å²) >= 11 is 0. The minimum absolute atomic E-state index is 0.0120. The van der Waals surface area contributed by atoms with Crippen LogP contribution in [0.15, 0.2) is 91.1 Å². The molecule has 0 bridgehead atoms. The van der Waals surface area contributed by atoms with E-state index in [1.807, 2.05) is 84.9 Å². The second-order valence-corrected chi connectivity index (χ2v) is 9.91. The molecule has 1 aliphatic heterocycles. The number of amides is 2. The Labute approximate surface area is 238 Å². The van der Waals surface area contributed by atoms with Crippen LogP contribution in [-0.2, 0) is 20.7 Å². The molecule has 1 fully saturated rings. The van der Waals surface area contributed by atoms with E-state index in [-0.39, 0.29) is 18.1 Å². The molecule has 3 aromatic carbocycles. The Morgan fingerprint density at radius 1 is 1.00 bits per heavy atom. The maximum absolute atomic E-state index is 13.9. The number of aryl methyl sites for hydroxylation is 1. The number of para-hydroxylation sites is 1. The molecular weight excluding hydrogens is 520 g/mol. The van der Waals surface area contributed by atoms with Gasteiger partial charge < -0.3 is 25.4 Å². The molecule has 1 saturated heterocycles. The number of ether oxygens (including phenoxy) is 2. The van der Waals surface area contributed by atoms with E-state index in [1.165, 1.54) is 7.11 Å². The quantitative estimate of drug-likeness (QED) is 0.233. The zero-order valence-corrected chi connectivity index (χ0v) is 22.8. The molecule has 2 heterocycles. The Kier molecular flexibility index (Phi) is 9.35. The summed E-state index contributed by atoms with van der Waals surface area (Å²) in [7, 11) is 1.29. The molecule has 1 aliphatic rings. The number of methoxy groups -OCH3 is 1. The predicted molar refractivity (Wildman–Crippen MR) is 154 cm³/mol. The molecule has 5 rings (SSSR count). The predicted octanol–water partition coefficient (Wildman–Crippen LogP) is 3.96. The number of nitrogens with zero attached hydrogens (tertiary/aromatic N) is 2. The second kappa shape index (κ2) is 13.7. The maximum atomic E-state index is 13.9. The minimum atomic E-state index is -0.931. The number of aromatic amines is 1. The van der Waals surface area contributed by atoms with Crippen molar-refractivity contribution in [2.45, 2.75) is 36.9 Å². The summed E-state index contributed by atoms with van der Waals surface area (Å²) in [5, 5.41) is 20.0. The molecule has 212 valence electrons. The Bertz CT molecular complexity index is 1350. The number of benzene rings is 3. The van der Waals surface area contributed by atoms with Crippen molar-refractivity contribution in [1.29, 1.82) is 0 Å². The fraction of sp³-hybridized carbons (Fsp3) is 0.290. The van der Waals surface area contributed by atoms with Gasteiger partial charge in [0, 0.05) is 18.2 Å². The van der Waals surface area contributed by atoms with Gasteiger partial charge in [-0.05, 0) is 35.6 Å². The monoisotopic (exact) mass is 554 g/mol. The van der Waals surface area contributed by atoms with Crippen LogP contribution in [0.2, 0.25) is 0 Å². The first kappa shape index (κ1) is 28.0. The van der Waals surface area contributed by atoms with E-state index in [0.717, 1.165) is 28.8 Å². The van der Waals surface area contributed by atoms with Crippen LogP contribution in [-0.4, -0.2) is 59.8 Å². The van der Waals surface area contributed by atoms with Crippen LogP contribution in [0.1, 0.15) is 40.8 Å². The van der Waals surface area contributed by atoms with Crippen LogP contribution in [0.5, 0.6) is 0 Å². The topological polar surface area (TPSA) is 130 Å². The van der Waals surface area contributed by atoms with Gasteiger partial charge in [-0.2, -0.15) is 15.4 Å². The highest BCUT2D eigenvalue weighted by Crippen LogP contribution is 2.30. The summed E-state index contributed by atoms with van der Waals surface area (Å²) < 4.78 is 11.0. The van der Waals surface area contributed by atoms with Gasteiger partial charge in [0.15, 0.2) is 0 Å². The average Bonchev–Trinajstić information content (AvgIpc) is 3.57. The van der Waals surface area contributed by atoms with Gasteiger partial charge >= 0.3 is 6.09 Å². The number of anilines is 1. The summed E-state index contributed by atoms with van der Waals surface area (Å²) in [4.78, 5) is 26.4. The fourth-order valence-corrected chi connectivity index (χ4v) is 5.15. The Hall–Kier alpha value is -4.54. The van der Waals surface area contributed by atoms with Crippen molar-refractivity contribution in [2.24, 2.45) is 0 Å². The third-order valence-corrected chi connectivity index (χ3v) is 7.28. The average molecular weight is 555 g/mol. The molecule has 2 amide bonds. The van der Waals surface area contributed by atoms with Crippen LogP contribution in [0.25, 0.3) is 0 Å². The number of aromatic nitrogens is 3. The molecule has 3 atom stereocenters. The lowest BCUT2D eigenvalue weighted by molar-refractivity contribution is -0.118. The summed E-state index contributed by atoms with van der Waals surface area (Å²) in [6.45, 7) is 1.20. The van der Waals surface area contributed by atoms with Gasteiger partial charge in [0.2, 0.25) is 5.91 Å². The highest BCUT2D eigenvalue weighted by Gasteiger charge is 2.33. The fourth-order valence-electron chi connectivity index (χ4n) is 5.15. The zero-order valence-electron chi connectivity index (χ0n) is 22.8. The summed E-state index contributed by atoms with van der Waals surface area (Å²) in [6, 6.07) is 26.1. The molecule has 10 heteroatoms. The van der Waals surface area contributed by atoms with E-state index in [1.54, 1.807) is 6.20 Å². The molecule has 0 unspecified atom stereocenters. The number of nitrogens with one attached hydrogen (secondary N) is 4. The van der Waals surface area contributed by atoms with Gasteiger partial charge in [0.1, 0.15) is 11.7 Å². The van der Waals surface area contributed by atoms with Gasteiger partial charge in [-0.15, -0.1) is 0 Å². The first-order chi connectivity index (χ1) is 20.1. The lowest BCUT2D eigenvalue weighted by Crippen LogP contribution is -2.48. The third kappa shape index (κ3) is 7.16. The Morgan fingerprint density at radius 3 is 2.29 bits per heavy atom. The second-order valence-electron chi connectivity index (χ2n) is 9.91. The van der Waals surface area contributed by atoms with Crippen molar-refractivity contribution in [3.63, 3.8) is 0 Å². The van der Waals surface area contributed by atoms with E-state index in [4.69, 9.17) is 9.47 Å². The number of hydrogen-bond acceptors (Lipinski definition) is 7. The Balaban J connectivity index is 1.31. The van der Waals surface area contributed by atoms with Crippen molar-refractivity contribution in [2.75, 3.05) is 25.6 Å². The van der Waals surface area contributed by atoms with Crippen molar-refractivity contribution in [1.82, 2.24) is 26.0 Å². The van der Waals surface area contributed by atoms with Gasteiger partial charge in [-0.1, -0.05) is 78.9 Å². The SMILES string of the molecule is COC(=O)N[C@H](C(=O)Nc1ccccc1CC[C@@H]1CN[C@H](c2cn[nH]n2)CO1)C(c1ccccc1)c1ccccc1. The number of alkyl carbamates (subject to hydrolysis) is 1. The van der Waals surface area contributed by atoms with Gasteiger partial charge in [0.05, 0.1) is 32.1 Å². The van der Waals surface area contributed by atoms with Crippen molar-refractivity contribution < 1.29 is 19.1 Å². The molecule has 0 spiro atoms. The molecule has 4 N–H and O–H groups in total. The molecule has 41 heavy (non-hydrogen) atoms. The third-order valence-electron chi connectivity index (χ3n) is 7.28. The standard InChI is InChI=1S/C31H34N6O4/c1-40-31(39)35-29(28(22-11-4-2-5-12-22)23-13-6-3-7-14-23)30(38)34-25-15-9-8-10-21(25)16-17-24-18-32-27(20-41-24)26-19-33-37-36-26/h2-15,19,24,27-29,32H,16-18,20H2,1H3,(H,34,38)(H,35,39)(H,33,36,37)/t24-,27+,29+/m1/s1. The highest BCUT2D eigenvalue weighted by atomic mass is 16.5. The number of carbonyl (C=O) groups is 2. The maximum Gasteiger partial charge on any atom is 0.407 e. The van der Waals surface area contributed by atoms with Crippen LogP contribution in [0.4, 0.5) is 10.5 Å². The number of H-pyrrole nitrogens is 1. The molecule has 0 saturated carbocycles. The van der Waals surface area contributed by atoms with E-state index >= 15 is 0 Å². The number of rotatable bonds is 10. The Morgan fingerprint density at radius 2 is 1.68 bits per heavy atom. The zero-order chi connectivity index (χ0) is 28.4. The number of hydrogen-bond donors (Lipinski definition) is 4. The van der Waals surface area contributed by atoms with Crippen molar-refractivity contribution in [3.05, 3.63) is 114 Å². The van der Waals surface area contributed by atoms with E-state index in [9.17, 15) is 9.59 Å². The van der Waals surface area contributed by atoms with E-state index in [2.05, 4.69) is 31.4 Å². The molecule has 0 radical (unpaired) electrons. The molecule has 4 aromatic rings. The lowest BCUT2D eigenvalue weighted by Gasteiger charge is -2.30. The molecule has 1 aromatic heterocycles. The summed E-state index contributed by atoms with van der Waals surface area (Å²) in [6.07, 6.45) is 2.51. The van der Waals surface area contributed by atoms with Gasteiger partial charge in [-0.25, -0.2) is 4.79 Å². The summed E-state index contributed by atoms with van der Waals surface area (Å²) in [5.74, 6) is -0.783. The molecule has 0 aliphatic carbocycles. The number of morpholine rings is 1. The minimum Gasteiger partial charge on any atom is -0.453 e. The van der Waals surface area contributed by atoms with Crippen LogP contribution < -0.4 is 16.0 Å². The highest BCUT2D eigenvalue weighted by molar-refractivity contribution is 5.98. The normalized spacial score (nSPS) is 17.5. The van der Waals surface area contributed by atoms with E-state index in [0.29, 0.717) is 25.3 Å². The van der Waals surface area contributed by atoms with Gasteiger partial charge in [-0.3, -0.25) is 4.79 Å². The van der Waals surface area contributed by atoms with Gasteiger partial charge in [0.25, 0.3) is 0 Å². The molecule has 10 nitrogen and oxygen atoms in total. The van der Waals surface area contributed by atoms with Crippen LogP contribution >= 0.6 is 0 Å². The first-order valence-electron chi connectivity index (χ1n) is 13.7. The van der Waals surface area contributed by atoms with Crippen molar-refractivity contribution >= 4 is 17.7 Å². The molecular formula is C31H34N6O4. The number of carbonyl (C=O) groups excluding carboxylic acids is 2. The van der Waals surface area contributed by atoms with Crippen LogP contribution in [0, 0.1) is 0 Å². The largest absolute Gasteiger partial charge is 0.453 e. The van der Waals surface area contributed by atoms with E-state index < -0.39 is 18.1 Å². The smallest absolute Gasteiger partial charge is 0.407 e. The van der Waals surface area contributed by atoms with Crippen LogP contribution in [0.3, 0.4) is 0 Å². The summed E-state index contributed by atoms with van der Waals surface area (Å²) in [5.41, 5.74) is 4.30. The van der Waals surface area contributed by atoms with Crippen molar-refractivity contribution in [3.8, 4) is 0 Å². The first-order valence-corrected chi connectivity index (χ1v) is 13.7. The lowest BCUT2D eigenvalue weighted by atomic mass is 9.84.